The number of aromatic hydroxyl groups is 1. The predicted molar refractivity (Wildman–Crippen MR) is 124 cm³/mol. The molecule has 1 aliphatic heterocycles. The molecule has 158 valence electrons. The number of carbonyl (C=O) groups excluding carboxylic acids is 1. The highest BCUT2D eigenvalue weighted by Crippen LogP contribution is 2.53. The van der Waals surface area contributed by atoms with Gasteiger partial charge in [-0.1, -0.05) is 50.3 Å². The number of hydrogen-bond acceptors (Lipinski definition) is 5. The van der Waals surface area contributed by atoms with Crippen molar-refractivity contribution in [3.8, 4) is 17.2 Å². The summed E-state index contributed by atoms with van der Waals surface area (Å²) in [7, 11) is 0. The van der Waals surface area contributed by atoms with Crippen molar-refractivity contribution in [2.24, 2.45) is 5.92 Å². The van der Waals surface area contributed by atoms with Gasteiger partial charge >= 0.3 is 0 Å². The van der Waals surface area contributed by atoms with Crippen LogP contribution in [-0.2, 0) is 15.1 Å². The molecule has 0 bridgehead atoms. The fourth-order valence-electron chi connectivity index (χ4n) is 3.97. The van der Waals surface area contributed by atoms with Gasteiger partial charge in [0.25, 0.3) is 6.47 Å². The standard InChI is InChI=1S/C25H23NO4S/c1-15(2)24(31)26-17-8-10-19(16(3)12-17)25(29-14-27)20-6-4-5-7-22(20)30-23-13-18(28)9-11-21(23)25/h4-15,28H,1-3H3,(H,26,31). The van der Waals surface area contributed by atoms with Crippen LogP contribution in [0.4, 0.5) is 5.69 Å². The van der Waals surface area contributed by atoms with Crippen molar-refractivity contribution in [2.45, 2.75) is 26.4 Å². The summed E-state index contributed by atoms with van der Waals surface area (Å²) in [5, 5.41) is 13.3. The average Bonchev–Trinajstić information content (AvgIpc) is 2.73. The Balaban J connectivity index is 1.94. The molecule has 1 heterocycles. The van der Waals surface area contributed by atoms with E-state index in [1.807, 2.05) is 63.2 Å². The number of thiocarbonyl (C=S) groups is 1. The van der Waals surface area contributed by atoms with Gasteiger partial charge in [-0.05, 0) is 42.8 Å². The zero-order valence-corrected chi connectivity index (χ0v) is 18.3. The van der Waals surface area contributed by atoms with Crippen LogP contribution in [0.3, 0.4) is 0 Å². The second-order valence-corrected chi connectivity index (χ2v) is 8.29. The van der Waals surface area contributed by atoms with E-state index in [0.717, 1.165) is 21.8 Å². The van der Waals surface area contributed by atoms with E-state index in [-0.39, 0.29) is 11.7 Å². The number of anilines is 1. The Morgan fingerprint density at radius 1 is 1.06 bits per heavy atom. The van der Waals surface area contributed by atoms with Crippen molar-refractivity contribution in [1.29, 1.82) is 0 Å². The highest BCUT2D eigenvalue weighted by molar-refractivity contribution is 7.80. The fourth-order valence-corrected chi connectivity index (χ4v) is 4.09. The van der Waals surface area contributed by atoms with E-state index in [1.165, 1.54) is 6.07 Å². The molecule has 0 amide bonds. The van der Waals surface area contributed by atoms with Crippen LogP contribution in [0, 0.1) is 12.8 Å². The number of carbonyl (C=O) groups is 1. The van der Waals surface area contributed by atoms with E-state index < -0.39 is 5.60 Å². The third-order valence-corrected chi connectivity index (χ3v) is 6.03. The molecule has 1 atom stereocenters. The Bertz CT molecular complexity index is 1170. The first-order chi connectivity index (χ1) is 14.9. The first-order valence-electron chi connectivity index (χ1n) is 10.0. The number of ether oxygens (including phenoxy) is 2. The topological polar surface area (TPSA) is 67.8 Å². The highest BCUT2D eigenvalue weighted by atomic mass is 32.1. The van der Waals surface area contributed by atoms with E-state index in [1.54, 1.807) is 12.1 Å². The number of rotatable bonds is 5. The van der Waals surface area contributed by atoms with Gasteiger partial charge in [-0.15, -0.1) is 0 Å². The van der Waals surface area contributed by atoms with E-state index >= 15 is 0 Å². The maximum Gasteiger partial charge on any atom is 0.294 e. The van der Waals surface area contributed by atoms with E-state index in [0.29, 0.717) is 29.1 Å². The van der Waals surface area contributed by atoms with E-state index in [4.69, 9.17) is 21.7 Å². The van der Waals surface area contributed by atoms with Crippen molar-refractivity contribution in [3.05, 3.63) is 82.9 Å². The minimum atomic E-state index is -1.22. The summed E-state index contributed by atoms with van der Waals surface area (Å²) in [6, 6.07) is 18.1. The second kappa shape index (κ2) is 8.04. The van der Waals surface area contributed by atoms with Crippen LogP contribution in [0.1, 0.15) is 36.1 Å². The lowest BCUT2D eigenvalue weighted by Gasteiger charge is -2.39. The number of para-hydroxylation sites is 1. The molecule has 0 aromatic heterocycles. The highest BCUT2D eigenvalue weighted by Gasteiger charge is 2.47. The Kier molecular flexibility index (Phi) is 5.41. The number of phenolic OH excluding ortho intramolecular Hbond substituents is 1. The molecule has 3 aromatic carbocycles. The van der Waals surface area contributed by atoms with Gasteiger partial charge in [0.2, 0.25) is 0 Å². The Morgan fingerprint density at radius 3 is 2.48 bits per heavy atom. The summed E-state index contributed by atoms with van der Waals surface area (Å²) in [6.45, 7) is 6.49. The predicted octanol–water partition coefficient (Wildman–Crippen LogP) is 5.67. The quantitative estimate of drug-likeness (QED) is 0.399. The van der Waals surface area contributed by atoms with Gasteiger partial charge < -0.3 is 19.9 Å². The molecule has 31 heavy (non-hydrogen) atoms. The van der Waals surface area contributed by atoms with Gasteiger partial charge in [0.1, 0.15) is 17.2 Å². The molecular formula is C25H23NO4S. The molecule has 6 heteroatoms. The summed E-state index contributed by atoms with van der Waals surface area (Å²) >= 11 is 5.42. The van der Waals surface area contributed by atoms with E-state index in [2.05, 4.69) is 5.32 Å². The molecule has 5 nitrogen and oxygen atoms in total. The van der Waals surface area contributed by atoms with Crippen LogP contribution < -0.4 is 10.1 Å². The number of hydrogen-bond donors (Lipinski definition) is 2. The van der Waals surface area contributed by atoms with Gasteiger partial charge in [0, 0.05) is 34.4 Å². The minimum absolute atomic E-state index is 0.0663. The molecule has 0 fully saturated rings. The summed E-state index contributed by atoms with van der Waals surface area (Å²) in [6.07, 6.45) is 0. The molecule has 0 saturated carbocycles. The third kappa shape index (κ3) is 3.53. The summed E-state index contributed by atoms with van der Waals surface area (Å²) < 4.78 is 11.9. The van der Waals surface area contributed by atoms with Crippen LogP contribution in [-0.4, -0.2) is 16.6 Å². The van der Waals surface area contributed by atoms with Crippen LogP contribution in [0.5, 0.6) is 17.2 Å². The Hall–Kier alpha value is -3.38. The summed E-state index contributed by atoms with van der Waals surface area (Å²) in [4.78, 5) is 12.5. The monoisotopic (exact) mass is 433 g/mol. The van der Waals surface area contributed by atoms with Gasteiger partial charge in [0.05, 0.1) is 4.99 Å². The van der Waals surface area contributed by atoms with Gasteiger partial charge in [-0.2, -0.15) is 0 Å². The second-order valence-electron chi connectivity index (χ2n) is 7.85. The SMILES string of the molecule is Cc1cc(NC(=S)C(C)C)ccc1C1(OC=O)c2ccccc2Oc2cc(O)ccc21. The lowest BCUT2D eigenvalue weighted by atomic mass is 9.76. The van der Waals surface area contributed by atoms with Crippen LogP contribution in [0.25, 0.3) is 0 Å². The fraction of sp³-hybridized carbons (Fsp3) is 0.200. The molecular weight excluding hydrogens is 410 g/mol. The Labute approximate surface area is 186 Å². The number of nitrogens with one attached hydrogen (secondary N) is 1. The van der Waals surface area contributed by atoms with Gasteiger partial charge in [0.15, 0.2) is 5.60 Å². The molecule has 0 spiro atoms. The zero-order chi connectivity index (χ0) is 22.2. The maximum atomic E-state index is 11.8. The molecule has 0 radical (unpaired) electrons. The first-order valence-corrected chi connectivity index (χ1v) is 10.4. The van der Waals surface area contributed by atoms with Crippen molar-refractivity contribution in [1.82, 2.24) is 0 Å². The van der Waals surface area contributed by atoms with Gasteiger partial charge in [-0.25, -0.2) is 0 Å². The van der Waals surface area contributed by atoms with Crippen molar-refractivity contribution in [2.75, 3.05) is 5.32 Å². The largest absolute Gasteiger partial charge is 0.508 e. The molecule has 1 aliphatic rings. The normalized spacial score (nSPS) is 16.6. The smallest absolute Gasteiger partial charge is 0.294 e. The molecule has 4 rings (SSSR count). The lowest BCUT2D eigenvalue weighted by molar-refractivity contribution is -0.137. The number of benzene rings is 3. The molecule has 1 unspecified atom stereocenters. The van der Waals surface area contributed by atoms with Crippen molar-refractivity contribution >= 4 is 29.4 Å². The molecule has 0 saturated heterocycles. The van der Waals surface area contributed by atoms with E-state index in [9.17, 15) is 9.90 Å². The number of phenols is 1. The molecule has 2 N–H and O–H groups in total. The summed E-state index contributed by atoms with van der Waals surface area (Å²) in [5.41, 5.74) is 2.70. The first kappa shape index (κ1) is 20.9. The average molecular weight is 434 g/mol. The third-order valence-electron chi connectivity index (χ3n) is 5.45. The molecule has 0 aliphatic carbocycles. The summed E-state index contributed by atoms with van der Waals surface area (Å²) in [5.74, 6) is 1.28. The van der Waals surface area contributed by atoms with Gasteiger partial charge in [-0.3, -0.25) is 4.79 Å². The van der Waals surface area contributed by atoms with Crippen LogP contribution >= 0.6 is 12.2 Å². The zero-order valence-electron chi connectivity index (χ0n) is 17.5. The minimum Gasteiger partial charge on any atom is -0.508 e. The maximum absolute atomic E-state index is 11.8. The number of fused-ring (bicyclic) bond motifs is 2. The van der Waals surface area contributed by atoms with Crippen molar-refractivity contribution < 1.29 is 19.4 Å². The number of aryl methyl sites for hydroxylation is 1. The van der Waals surface area contributed by atoms with Crippen LogP contribution in [0.2, 0.25) is 0 Å². The Morgan fingerprint density at radius 2 is 1.77 bits per heavy atom. The van der Waals surface area contributed by atoms with Crippen LogP contribution in [0.15, 0.2) is 60.7 Å². The molecule has 3 aromatic rings. The van der Waals surface area contributed by atoms with Crippen molar-refractivity contribution in [3.63, 3.8) is 0 Å². The lowest BCUT2D eigenvalue weighted by Crippen LogP contribution is -2.36.